The van der Waals surface area contributed by atoms with Crippen LogP contribution in [0.2, 0.25) is 0 Å². The minimum Gasteiger partial charge on any atom is -0.326 e. The van der Waals surface area contributed by atoms with Gasteiger partial charge in [-0.2, -0.15) is 0 Å². The van der Waals surface area contributed by atoms with Crippen LogP contribution in [0.25, 0.3) is 0 Å². The molecule has 0 aromatic heterocycles. The quantitative estimate of drug-likeness (QED) is 0.550. The predicted octanol–water partition coefficient (Wildman–Crippen LogP) is -0.809. The van der Waals surface area contributed by atoms with Crippen LogP contribution >= 0.6 is 0 Å². The third-order valence-electron chi connectivity index (χ3n) is 1.51. The summed E-state index contributed by atoms with van der Waals surface area (Å²) in [5.41, 5.74) is 5.42. The Morgan fingerprint density at radius 1 is 1.73 bits per heavy atom. The summed E-state index contributed by atoms with van der Waals surface area (Å²) in [6.07, 6.45) is 2.10. The van der Waals surface area contributed by atoms with E-state index in [9.17, 15) is 8.42 Å². The van der Waals surface area contributed by atoms with Crippen LogP contribution in [0.5, 0.6) is 0 Å². The Bertz CT molecular complexity index is 247. The molecular weight excluding hydrogens is 164 g/mol. The van der Waals surface area contributed by atoms with Gasteiger partial charge in [-0.1, -0.05) is 6.08 Å². The second-order valence-corrected chi connectivity index (χ2v) is 4.49. The summed E-state index contributed by atoms with van der Waals surface area (Å²) < 4.78 is 24.4. The van der Waals surface area contributed by atoms with Crippen molar-refractivity contribution in [3.8, 4) is 0 Å². The molecule has 0 saturated heterocycles. The minimum absolute atomic E-state index is 0.00888. The van der Waals surface area contributed by atoms with Crippen LogP contribution < -0.4 is 10.5 Å². The van der Waals surface area contributed by atoms with Gasteiger partial charge in [0.15, 0.2) is 0 Å². The van der Waals surface area contributed by atoms with Gasteiger partial charge in [-0.15, -0.1) is 6.58 Å². The van der Waals surface area contributed by atoms with E-state index in [-0.39, 0.29) is 17.8 Å². The van der Waals surface area contributed by atoms with Gasteiger partial charge < -0.3 is 5.73 Å². The maximum absolute atomic E-state index is 11.0. The molecular formula is C6H12N2O2S. The lowest BCUT2D eigenvalue weighted by Gasteiger charge is -2.00. The maximum atomic E-state index is 11.0. The number of hydrogen-bond donors (Lipinski definition) is 2. The zero-order chi connectivity index (χ0) is 8.48. The Morgan fingerprint density at radius 2 is 2.27 bits per heavy atom. The topological polar surface area (TPSA) is 72.2 Å². The first kappa shape index (κ1) is 8.70. The van der Waals surface area contributed by atoms with Crippen molar-refractivity contribution in [3.63, 3.8) is 0 Å². The Kier molecular flexibility index (Phi) is 2.31. The van der Waals surface area contributed by atoms with Gasteiger partial charge in [0, 0.05) is 12.1 Å². The highest BCUT2D eigenvalue weighted by molar-refractivity contribution is 7.89. The molecule has 64 valence electrons. The molecule has 1 aliphatic rings. The smallest absolute Gasteiger partial charge is 0.215 e. The van der Waals surface area contributed by atoms with E-state index in [1.807, 2.05) is 0 Å². The highest BCUT2D eigenvalue weighted by Gasteiger charge is 2.36. The highest BCUT2D eigenvalue weighted by atomic mass is 32.2. The number of nitrogens with one attached hydrogen (secondary N) is 1. The molecule has 3 N–H and O–H groups in total. The Morgan fingerprint density at radius 3 is 2.64 bits per heavy atom. The molecule has 0 radical (unpaired) electrons. The Labute approximate surface area is 66.5 Å². The van der Waals surface area contributed by atoms with Gasteiger partial charge in [-0.3, -0.25) is 0 Å². The molecule has 4 nitrogen and oxygen atoms in total. The third-order valence-corrected chi connectivity index (χ3v) is 2.84. The summed E-state index contributed by atoms with van der Waals surface area (Å²) in [6.45, 7) is 3.34. The van der Waals surface area contributed by atoms with E-state index in [0.29, 0.717) is 0 Å². The third kappa shape index (κ3) is 2.61. The van der Waals surface area contributed by atoms with E-state index in [1.165, 1.54) is 6.08 Å². The van der Waals surface area contributed by atoms with Crippen LogP contribution in [0.3, 0.4) is 0 Å². The summed E-state index contributed by atoms with van der Waals surface area (Å²) in [6, 6.07) is -0.0328. The summed E-state index contributed by atoms with van der Waals surface area (Å²) in [5.74, 6) is -0.0315. The summed E-state index contributed by atoms with van der Waals surface area (Å²) in [7, 11) is -3.15. The molecule has 2 unspecified atom stereocenters. The standard InChI is InChI=1S/C6H12N2O2S/c1-2-3-11(9,10)8-6-4-5(6)7/h2,5-6,8H,1,3-4,7H2. The maximum Gasteiger partial charge on any atom is 0.215 e. The zero-order valence-electron chi connectivity index (χ0n) is 6.16. The van der Waals surface area contributed by atoms with E-state index in [1.54, 1.807) is 0 Å². The van der Waals surface area contributed by atoms with Gasteiger partial charge in [-0.05, 0) is 6.42 Å². The molecule has 0 spiro atoms. The first-order chi connectivity index (χ1) is 5.05. The minimum atomic E-state index is -3.15. The van der Waals surface area contributed by atoms with Crippen molar-refractivity contribution in [1.29, 1.82) is 0 Å². The fourth-order valence-electron chi connectivity index (χ4n) is 0.784. The van der Waals surface area contributed by atoms with E-state index in [0.717, 1.165) is 6.42 Å². The first-order valence-electron chi connectivity index (χ1n) is 3.41. The van der Waals surface area contributed by atoms with Crippen LogP contribution in [-0.4, -0.2) is 26.3 Å². The molecule has 0 aliphatic heterocycles. The lowest BCUT2D eigenvalue weighted by molar-refractivity contribution is 0.583. The van der Waals surface area contributed by atoms with Crippen LogP contribution in [0, 0.1) is 0 Å². The lowest BCUT2D eigenvalue weighted by atomic mass is 10.7. The zero-order valence-corrected chi connectivity index (χ0v) is 6.97. The molecule has 0 aromatic rings. The summed E-state index contributed by atoms with van der Waals surface area (Å²) in [4.78, 5) is 0. The fourth-order valence-corrected chi connectivity index (χ4v) is 1.92. The molecule has 2 atom stereocenters. The molecule has 1 aliphatic carbocycles. The second-order valence-electron chi connectivity index (χ2n) is 2.69. The number of rotatable bonds is 4. The molecule has 0 amide bonds. The van der Waals surface area contributed by atoms with Gasteiger partial charge >= 0.3 is 0 Å². The van der Waals surface area contributed by atoms with Crippen LogP contribution in [0.4, 0.5) is 0 Å². The number of nitrogens with two attached hydrogens (primary N) is 1. The van der Waals surface area contributed by atoms with Gasteiger partial charge in [-0.25, -0.2) is 13.1 Å². The molecule has 1 saturated carbocycles. The monoisotopic (exact) mass is 176 g/mol. The Balaban J connectivity index is 2.41. The van der Waals surface area contributed by atoms with Crippen LogP contribution in [0.15, 0.2) is 12.7 Å². The molecule has 1 rings (SSSR count). The van der Waals surface area contributed by atoms with Gasteiger partial charge in [0.1, 0.15) is 0 Å². The van der Waals surface area contributed by atoms with Gasteiger partial charge in [0.2, 0.25) is 10.0 Å². The van der Waals surface area contributed by atoms with E-state index < -0.39 is 10.0 Å². The van der Waals surface area contributed by atoms with Crippen molar-refractivity contribution in [2.45, 2.75) is 18.5 Å². The molecule has 0 bridgehead atoms. The average Bonchev–Trinajstić information content (AvgIpc) is 2.44. The van der Waals surface area contributed by atoms with Crippen molar-refractivity contribution < 1.29 is 8.42 Å². The van der Waals surface area contributed by atoms with Crippen molar-refractivity contribution in [1.82, 2.24) is 4.72 Å². The molecule has 11 heavy (non-hydrogen) atoms. The van der Waals surface area contributed by atoms with Gasteiger partial charge in [0.25, 0.3) is 0 Å². The number of hydrogen-bond acceptors (Lipinski definition) is 3. The van der Waals surface area contributed by atoms with E-state index in [2.05, 4.69) is 11.3 Å². The average molecular weight is 176 g/mol. The van der Waals surface area contributed by atoms with Crippen LogP contribution in [0.1, 0.15) is 6.42 Å². The molecule has 0 aromatic carbocycles. The first-order valence-corrected chi connectivity index (χ1v) is 5.07. The molecule has 0 heterocycles. The lowest BCUT2D eigenvalue weighted by Crippen LogP contribution is -2.31. The normalized spacial score (nSPS) is 29.9. The summed E-state index contributed by atoms with van der Waals surface area (Å²) >= 11 is 0. The van der Waals surface area contributed by atoms with E-state index in [4.69, 9.17) is 5.73 Å². The van der Waals surface area contributed by atoms with Crippen molar-refractivity contribution in [3.05, 3.63) is 12.7 Å². The van der Waals surface area contributed by atoms with Gasteiger partial charge in [0.05, 0.1) is 5.75 Å². The fraction of sp³-hybridized carbons (Fsp3) is 0.667. The van der Waals surface area contributed by atoms with Crippen LogP contribution in [-0.2, 0) is 10.0 Å². The molecule has 5 heteroatoms. The van der Waals surface area contributed by atoms with Crippen molar-refractivity contribution in [2.75, 3.05) is 5.75 Å². The predicted molar refractivity (Wildman–Crippen MR) is 43.5 cm³/mol. The Hall–Kier alpha value is -0.390. The van der Waals surface area contributed by atoms with E-state index >= 15 is 0 Å². The number of sulfonamides is 1. The van der Waals surface area contributed by atoms with Crippen molar-refractivity contribution >= 4 is 10.0 Å². The highest BCUT2D eigenvalue weighted by Crippen LogP contribution is 2.18. The molecule has 1 fully saturated rings. The SMILES string of the molecule is C=CCS(=O)(=O)NC1CC1N. The second kappa shape index (κ2) is 2.92. The summed E-state index contributed by atoms with van der Waals surface area (Å²) in [5, 5.41) is 0. The largest absolute Gasteiger partial charge is 0.326 e. The van der Waals surface area contributed by atoms with Crippen molar-refractivity contribution in [2.24, 2.45) is 5.73 Å².